The van der Waals surface area contributed by atoms with Gasteiger partial charge in [-0.2, -0.15) is 0 Å². The first kappa shape index (κ1) is 23.9. The molecule has 1 amide bonds. The second-order valence-electron chi connectivity index (χ2n) is 10.0. The molecule has 0 radical (unpaired) electrons. The number of piperazine rings is 1. The number of carbonyl (C=O) groups excluding carboxylic acids is 1. The highest BCUT2D eigenvalue weighted by atomic mass is 16.5. The van der Waals surface area contributed by atoms with E-state index in [4.69, 9.17) is 4.74 Å². The van der Waals surface area contributed by atoms with E-state index in [0.29, 0.717) is 19.8 Å². The Kier molecular flexibility index (Phi) is 7.84. The Morgan fingerprint density at radius 1 is 0.970 bits per heavy atom. The second kappa shape index (κ2) is 10.8. The van der Waals surface area contributed by atoms with Crippen LogP contribution in [0.3, 0.4) is 0 Å². The summed E-state index contributed by atoms with van der Waals surface area (Å²) in [7, 11) is 2.17. The lowest BCUT2D eigenvalue weighted by atomic mass is 9.74. The number of hydrogen-bond donors (Lipinski definition) is 1. The lowest BCUT2D eigenvalue weighted by Gasteiger charge is -2.37. The van der Waals surface area contributed by atoms with Crippen molar-refractivity contribution in [2.75, 3.05) is 59.5 Å². The maximum atomic E-state index is 13.5. The first-order valence-electron chi connectivity index (χ1n) is 12.4. The third-order valence-electron chi connectivity index (χ3n) is 7.27. The molecule has 0 aromatic heterocycles. The summed E-state index contributed by atoms with van der Waals surface area (Å²) in [6.45, 7) is 11.6. The number of rotatable bonds is 7. The third-order valence-corrected chi connectivity index (χ3v) is 7.27. The van der Waals surface area contributed by atoms with E-state index in [-0.39, 0.29) is 11.3 Å². The fraction of sp³-hybridized carbons (Fsp3) is 0.536. The molecule has 5 nitrogen and oxygen atoms in total. The molecule has 2 aliphatic heterocycles. The molecular formula is C28H39N3O2. The Morgan fingerprint density at radius 2 is 1.67 bits per heavy atom. The van der Waals surface area contributed by atoms with Crippen molar-refractivity contribution in [1.82, 2.24) is 15.1 Å². The van der Waals surface area contributed by atoms with Gasteiger partial charge in [-0.3, -0.25) is 9.69 Å². The largest absolute Gasteiger partial charge is 0.381 e. The number of likely N-dealkylation sites (N-methyl/N-ethyl adjacent to an activating group) is 1. The molecule has 2 heterocycles. The van der Waals surface area contributed by atoms with Gasteiger partial charge in [-0.05, 0) is 56.8 Å². The average Bonchev–Trinajstić information content (AvgIpc) is 2.80. The molecule has 0 saturated carbocycles. The maximum absolute atomic E-state index is 13.5. The summed E-state index contributed by atoms with van der Waals surface area (Å²) >= 11 is 0. The molecule has 0 unspecified atom stereocenters. The van der Waals surface area contributed by atoms with Crippen LogP contribution in [-0.2, 0) is 16.0 Å². The van der Waals surface area contributed by atoms with Gasteiger partial charge in [0.05, 0.1) is 5.41 Å². The summed E-state index contributed by atoms with van der Waals surface area (Å²) in [4.78, 5) is 18.3. The fourth-order valence-electron chi connectivity index (χ4n) is 5.23. The summed E-state index contributed by atoms with van der Waals surface area (Å²) in [5.74, 6) is 0.191. The van der Waals surface area contributed by atoms with Gasteiger partial charge < -0.3 is 15.0 Å². The van der Waals surface area contributed by atoms with Gasteiger partial charge in [0.1, 0.15) is 0 Å². The summed E-state index contributed by atoms with van der Waals surface area (Å²) < 4.78 is 5.65. The van der Waals surface area contributed by atoms with Crippen LogP contribution < -0.4 is 5.32 Å². The minimum absolute atomic E-state index is 0.191. The van der Waals surface area contributed by atoms with Crippen LogP contribution in [-0.4, -0.2) is 75.2 Å². The summed E-state index contributed by atoms with van der Waals surface area (Å²) in [5.41, 5.74) is 5.85. The van der Waals surface area contributed by atoms with Crippen molar-refractivity contribution in [2.45, 2.75) is 33.1 Å². The van der Waals surface area contributed by atoms with Crippen LogP contribution in [0, 0.1) is 19.3 Å². The fourth-order valence-corrected chi connectivity index (χ4v) is 5.23. The second-order valence-corrected chi connectivity index (χ2v) is 10.0. The van der Waals surface area contributed by atoms with E-state index < -0.39 is 0 Å². The van der Waals surface area contributed by atoms with Gasteiger partial charge in [0.25, 0.3) is 0 Å². The Balaban J connectivity index is 1.44. The molecule has 4 rings (SSSR count). The van der Waals surface area contributed by atoms with Crippen LogP contribution in [0.15, 0.2) is 42.5 Å². The molecular weight excluding hydrogens is 410 g/mol. The van der Waals surface area contributed by atoms with Gasteiger partial charge in [-0.1, -0.05) is 53.6 Å². The number of benzene rings is 2. The Bertz CT molecular complexity index is 924. The van der Waals surface area contributed by atoms with Gasteiger partial charge >= 0.3 is 0 Å². The number of aryl methyl sites for hydroxylation is 2. The van der Waals surface area contributed by atoms with Gasteiger partial charge in [0.15, 0.2) is 0 Å². The summed E-state index contributed by atoms with van der Waals surface area (Å²) in [6.07, 6.45) is 2.32. The molecule has 178 valence electrons. The van der Waals surface area contributed by atoms with E-state index in [9.17, 15) is 4.79 Å². The zero-order valence-corrected chi connectivity index (χ0v) is 20.5. The minimum Gasteiger partial charge on any atom is -0.381 e. The maximum Gasteiger partial charge on any atom is 0.226 e. The standard InChI is InChI=1S/C28H39N3O2/c1-22-17-23(2)19-26(18-22)25-6-4-5-24(20-25)21-28(7-15-33-16-8-28)27(32)29-9-10-31-13-11-30(3)12-14-31/h4-6,17-20H,7-16,21H2,1-3H3,(H,29,32). The van der Waals surface area contributed by atoms with E-state index in [1.807, 2.05) is 0 Å². The van der Waals surface area contributed by atoms with E-state index >= 15 is 0 Å². The normalized spacial score (nSPS) is 19.4. The first-order chi connectivity index (χ1) is 15.9. The molecule has 2 aromatic rings. The van der Waals surface area contributed by atoms with E-state index in [0.717, 1.165) is 52.0 Å². The van der Waals surface area contributed by atoms with Crippen LogP contribution in [0.4, 0.5) is 0 Å². The Morgan fingerprint density at radius 3 is 2.36 bits per heavy atom. The minimum atomic E-state index is -0.387. The zero-order valence-electron chi connectivity index (χ0n) is 20.5. The molecule has 2 fully saturated rings. The lowest BCUT2D eigenvalue weighted by Crippen LogP contribution is -2.50. The van der Waals surface area contributed by atoms with Crippen molar-refractivity contribution in [3.8, 4) is 11.1 Å². The number of hydrogen-bond acceptors (Lipinski definition) is 4. The van der Waals surface area contributed by atoms with E-state index in [2.05, 4.69) is 78.5 Å². The van der Waals surface area contributed by atoms with Crippen LogP contribution in [0.5, 0.6) is 0 Å². The number of amides is 1. The Labute approximate surface area is 199 Å². The van der Waals surface area contributed by atoms with Crippen molar-refractivity contribution in [2.24, 2.45) is 5.41 Å². The highest BCUT2D eigenvalue weighted by Crippen LogP contribution is 2.36. The van der Waals surface area contributed by atoms with E-state index in [1.54, 1.807) is 0 Å². The van der Waals surface area contributed by atoms with Crippen LogP contribution >= 0.6 is 0 Å². The van der Waals surface area contributed by atoms with Gasteiger partial charge in [-0.15, -0.1) is 0 Å². The van der Waals surface area contributed by atoms with Crippen molar-refractivity contribution in [1.29, 1.82) is 0 Å². The molecule has 2 aromatic carbocycles. The predicted molar refractivity (Wildman–Crippen MR) is 134 cm³/mol. The molecule has 0 spiro atoms. The molecule has 2 aliphatic rings. The highest BCUT2D eigenvalue weighted by molar-refractivity contribution is 5.83. The monoisotopic (exact) mass is 449 g/mol. The van der Waals surface area contributed by atoms with Gasteiger partial charge in [0.2, 0.25) is 5.91 Å². The third kappa shape index (κ3) is 6.23. The first-order valence-corrected chi connectivity index (χ1v) is 12.4. The highest BCUT2D eigenvalue weighted by Gasteiger charge is 2.40. The topological polar surface area (TPSA) is 44.8 Å². The Hall–Kier alpha value is -2.21. The molecule has 0 bridgehead atoms. The molecule has 1 N–H and O–H groups in total. The number of nitrogens with zero attached hydrogens (tertiary/aromatic N) is 2. The SMILES string of the molecule is Cc1cc(C)cc(-c2cccc(CC3(C(=O)NCCN4CCN(C)CC4)CCOCC3)c2)c1. The van der Waals surface area contributed by atoms with Gasteiger partial charge in [0, 0.05) is 52.5 Å². The number of carbonyl (C=O) groups is 1. The quantitative estimate of drug-likeness (QED) is 0.701. The number of nitrogens with one attached hydrogen (secondary N) is 1. The predicted octanol–water partition coefficient (Wildman–Crippen LogP) is 3.67. The summed E-state index contributed by atoms with van der Waals surface area (Å²) in [5, 5.41) is 3.28. The van der Waals surface area contributed by atoms with Crippen molar-refractivity contribution in [3.05, 3.63) is 59.2 Å². The van der Waals surface area contributed by atoms with Crippen molar-refractivity contribution in [3.63, 3.8) is 0 Å². The van der Waals surface area contributed by atoms with Crippen LogP contribution in [0.1, 0.15) is 29.5 Å². The average molecular weight is 450 g/mol. The zero-order chi connectivity index (χ0) is 23.3. The van der Waals surface area contributed by atoms with Gasteiger partial charge in [-0.25, -0.2) is 0 Å². The molecule has 0 aliphatic carbocycles. The molecule has 33 heavy (non-hydrogen) atoms. The van der Waals surface area contributed by atoms with Crippen molar-refractivity contribution >= 4 is 5.91 Å². The summed E-state index contributed by atoms with van der Waals surface area (Å²) in [6, 6.07) is 15.4. The smallest absolute Gasteiger partial charge is 0.226 e. The molecule has 2 saturated heterocycles. The van der Waals surface area contributed by atoms with Crippen LogP contribution in [0.25, 0.3) is 11.1 Å². The van der Waals surface area contributed by atoms with Crippen LogP contribution in [0.2, 0.25) is 0 Å². The lowest BCUT2D eigenvalue weighted by molar-refractivity contribution is -0.136. The van der Waals surface area contributed by atoms with E-state index in [1.165, 1.54) is 27.8 Å². The number of ether oxygens (including phenoxy) is 1. The van der Waals surface area contributed by atoms with Crippen molar-refractivity contribution < 1.29 is 9.53 Å². The molecule has 5 heteroatoms. The molecule has 0 atom stereocenters.